The summed E-state index contributed by atoms with van der Waals surface area (Å²) in [5.74, 6) is 2.74. The van der Waals surface area contributed by atoms with Gasteiger partial charge in [-0.1, -0.05) is 18.9 Å². The molecule has 0 atom stereocenters. The monoisotopic (exact) mass is 463 g/mol. The lowest BCUT2D eigenvalue weighted by Gasteiger charge is -2.29. The average molecular weight is 464 g/mol. The Morgan fingerprint density at radius 3 is 2.42 bits per heavy atom. The van der Waals surface area contributed by atoms with Crippen LogP contribution < -0.4 is 5.32 Å². The first-order chi connectivity index (χ1) is 16.0. The Morgan fingerprint density at radius 1 is 1.03 bits per heavy atom. The summed E-state index contributed by atoms with van der Waals surface area (Å²) < 4.78 is 1.08. The van der Waals surface area contributed by atoms with Gasteiger partial charge in [-0.3, -0.25) is 4.79 Å². The van der Waals surface area contributed by atoms with Gasteiger partial charge in [0, 0.05) is 31.9 Å². The number of thiophene rings is 1. The third-order valence-electron chi connectivity index (χ3n) is 7.21. The van der Waals surface area contributed by atoms with Crippen LogP contribution in [0.2, 0.25) is 0 Å². The van der Waals surface area contributed by atoms with Gasteiger partial charge in [0.25, 0.3) is 5.91 Å². The number of pyridine rings is 2. The maximum Gasteiger partial charge on any atom is 0.263 e. The molecule has 6 nitrogen and oxygen atoms in total. The van der Waals surface area contributed by atoms with Crippen molar-refractivity contribution in [2.24, 2.45) is 0 Å². The van der Waals surface area contributed by atoms with Crippen LogP contribution in [0.15, 0.2) is 30.6 Å². The Kier molecular flexibility index (Phi) is 6.34. The Balaban J connectivity index is 1.41. The number of nitrogens with one attached hydrogen (secondary N) is 1. The fourth-order valence-electron chi connectivity index (χ4n) is 5.27. The second-order valence-corrected chi connectivity index (χ2v) is 10.8. The molecule has 3 aromatic heterocycles. The zero-order chi connectivity index (χ0) is 22.9. The molecule has 2 fully saturated rings. The molecule has 0 aromatic carbocycles. The highest BCUT2D eigenvalue weighted by molar-refractivity contribution is 7.21. The highest BCUT2D eigenvalue weighted by Crippen LogP contribution is 2.44. The fourth-order valence-corrected chi connectivity index (χ4v) is 6.53. The fraction of sp³-hybridized carbons (Fsp3) is 0.500. The van der Waals surface area contributed by atoms with E-state index >= 15 is 0 Å². The van der Waals surface area contributed by atoms with E-state index in [0.29, 0.717) is 11.8 Å². The van der Waals surface area contributed by atoms with Crippen LogP contribution in [0.3, 0.4) is 0 Å². The van der Waals surface area contributed by atoms with E-state index in [4.69, 9.17) is 0 Å². The predicted molar refractivity (Wildman–Crippen MR) is 136 cm³/mol. The molecular weight excluding hydrogens is 430 g/mol. The van der Waals surface area contributed by atoms with E-state index in [0.717, 1.165) is 52.5 Å². The van der Waals surface area contributed by atoms with Gasteiger partial charge in [0.05, 0.1) is 9.58 Å². The van der Waals surface area contributed by atoms with Crippen molar-refractivity contribution >= 4 is 39.0 Å². The molecule has 1 saturated carbocycles. The molecule has 174 valence electrons. The molecule has 1 saturated heterocycles. The van der Waals surface area contributed by atoms with Crippen molar-refractivity contribution in [1.29, 1.82) is 0 Å². The zero-order valence-corrected chi connectivity index (χ0v) is 20.6. The number of piperidine rings is 1. The van der Waals surface area contributed by atoms with E-state index in [1.54, 1.807) is 16.2 Å². The number of carbonyl (C=O) groups is 1. The quantitative estimate of drug-likeness (QED) is 0.533. The molecule has 33 heavy (non-hydrogen) atoms. The number of amides is 1. The molecule has 1 aliphatic heterocycles. The molecule has 0 bridgehead atoms. The van der Waals surface area contributed by atoms with Gasteiger partial charge in [0.15, 0.2) is 0 Å². The maximum atomic E-state index is 12.9. The second kappa shape index (κ2) is 9.39. The number of hydrogen-bond acceptors (Lipinski definition) is 6. The van der Waals surface area contributed by atoms with Crippen molar-refractivity contribution < 1.29 is 4.79 Å². The van der Waals surface area contributed by atoms with Crippen LogP contribution in [0.4, 0.5) is 11.6 Å². The Morgan fingerprint density at radius 2 is 1.76 bits per heavy atom. The van der Waals surface area contributed by atoms with Gasteiger partial charge in [-0.15, -0.1) is 11.3 Å². The normalized spacial score (nSPS) is 18.2. The number of likely N-dealkylation sites (tertiary alicyclic amines) is 1. The van der Waals surface area contributed by atoms with Gasteiger partial charge >= 0.3 is 0 Å². The average Bonchev–Trinajstić information content (AvgIpc) is 3.47. The summed E-state index contributed by atoms with van der Waals surface area (Å²) >= 11 is 1.58. The maximum absolute atomic E-state index is 12.9. The van der Waals surface area contributed by atoms with Gasteiger partial charge in [0.1, 0.15) is 11.6 Å². The summed E-state index contributed by atoms with van der Waals surface area (Å²) in [6.07, 6.45) is 11.1. The summed E-state index contributed by atoms with van der Waals surface area (Å²) in [6.45, 7) is 2.30. The molecule has 0 spiro atoms. The molecule has 1 aliphatic carbocycles. The number of fused-ring (bicyclic) bond motifs is 1. The van der Waals surface area contributed by atoms with E-state index in [1.165, 1.54) is 36.8 Å². The van der Waals surface area contributed by atoms with Gasteiger partial charge in [-0.05, 0) is 80.9 Å². The zero-order valence-electron chi connectivity index (χ0n) is 19.8. The van der Waals surface area contributed by atoms with Crippen LogP contribution in [0, 0.1) is 0 Å². The highest BCUT2D eigenvalue weighted by atomic mass is 32.1. The largest absolute Gasteiger partial charge is 0.344 e. The first-order valence-corrected chi connectivity index (χ1v) is 12.9. The van der Waals surface area contributed by atoms with E-state index < -0.39 is 0 Å². The molecule has 0 unspecified atom stereocenters. The molecule has 3 aromatic rings. The topological polar surface area (TPSA) is 61.4 Å². The molecular formula is C26H33N5OS. The Hall–Kier alpha value is -2.51. The minimum absolute atomic E-state index is 0.0961. The van der Waals surface area contributed by atoms with Crippen molar-refractivity contribution in [3.05, 3.63) is 46.6 Å². The Labute approximate surface area is 200 Å². The molecule has 4 heterocycles. The minimum atomic E-state index is 0.0961. The van der Waals surface area contributed by atoms with Crippen LogP contribution in [0.25, 0.3) is 10.1 Å². The van der Waals surface area contributed by atoms with Crippen molar-refractivity contribution in [2.75, 3.05) is 39.5 Å². The van der Waals surface area contributed by atoms with Crippen LogP contribution in [0.1, 0.15) is 71.2 Å². The van der Waals surface area contributed by atoms with Gasteiger partial charge in [0.2, 0.25) is 0 Å². The summed E-state index contributed by atoms with van der Waals surface area (Å²) in [5, 5.41) is 4.56. The highest BCUT2D eigenvalue weighted by Gasteiger charge is 2.28. The van der Waals surface area contributed by atoms with Crippen LogP contribution in [-0.4, -0.2) is 59.9 Å². The summed E-state index contributed by atoms with van der Waals surface area (Å²) in [6, 6.07) is 6.37. The predicted octanol–water partition coefficient (Wildman–Crippen LogP) is 5.60. The second-order valence-electron chi connectivity index (χ2n) is 9.77. The lowest BCUT2D eigenvalue weighted by Crippen LogP contribution is -2.29. The van der Waals surface area contributed by atoms with Gasteiger partial charge < -0.3 is 15.1 Å². The van der Waals surface area contributed by atoms with Crippen molar-refractivity contribution in [2.45, 2.75) is 50.4 Å². The number of nitrogens with zero attached hydrogens (tertiary/aromatic N) is 4. The summed E-state index contributed by atoms with van der Waals surface area (Å²) in [5.41, 5.74) is 2.55. The lowest BCUT2D eigenvalue weighted by molar-refractivity contribution is 0.0831. The lowest BCUT2D eigenvalue weighted by atomic mass is 9.91. The molecule has 1 amide bonds. The van der Waals surface area contributed by atoms with Crippen LogP contribution in [0.5, 0.6) is 0 Å². The van der Waals surface area contributed by atoms with Gasteiger partial charge in [-0.2, -0.15) is 0 Å². The van der Waals surface area contributed by atoms with E-state index in [-0.39, 0.29) is 5.91 Å². The van der Waals surface area contributed by atoms with E-state index in [1.807, 2.05) is 26.5 Å². The Bertz CT molecular complexity index is 1130. The number of carbonyl (C=O) groups excluding carboxylic acids is 1. The molecule has 2 aliphatic rings. The van der Waals surface area contributed by atoms with Gasteiger partial charge in [-0.25, -0.2) is 9.97 Å². The number of anilines is 2. The first kappa shape index (κ1) is 22.3. The SMILES string of the molecule is CN1CCC(c2ccc(Nc3cc4c(C5CCCC5)c(C(=O)N(C)C)sc4cn3)nc2)CC1. The smallest absolute Gasteiger partial charge is 0.263 e. The van der Waals surface area contributed by atoms with Crippen molar-refractivity contribution in [3.8, 4) is 0 Å². The molecule has 1 N–H and O–H groups in total. The molecule has 5 rings (SSSR count). The first-order valence-electron chi connectivity index (χ1n) is 12.0. The third kappa shape index (κ3) is 4.62. The molecule has 0 radical (unpaired) electrons. The number of hydrogen-bond donors (Lipinski definition) is 1. The minimum Gasteiger partial charge on any atom is -0.344 e. The molecule has 7 heteroatoms. The van der Waals surface area contributed by atoms with Crippen LogP contribution in [-0.2, 0) is 0 Å². The van der Waals surface area contributed by atoms with E-state index in [9.17, 15) is 4.79 Å². The number of aromatic nitrogens is 2. The summed E-state index contributed by atoms with van der Waals surface area (Å²) in [4.78, 5) is 27.2. The van der Waals surface area contributed by atoms with Crippen molar-refractivity contribution in [3.63, 3.8) is 0 Å². The van der Waals surface area contributed by atoms with Crippen LogP contribution >= 0.6 is 11.3 Å². The van der Waals surface area contributed by atoms with Crippen molar-refractivity contribution in [1.82, 2.24) is 19.8 Å². The van der Waals surface area contributed by atoms with E-state index in [2.05, 4.69) is 45.4 Å². The summed E-state index contributed by atoms with van der Waals surface area (Å²) in [7, 11) is 5.85. The standard InChI is InChI=1S/C26H33N5OS/c1-30(2)26(32)25-24(18-6-4-5-7-18)20-14-23(28-16-21(20)33-25)29-22-9-8-19(15-27-22)17-10-12-31(3)13-11-17/h8-9,14-18H,4-7,10-13H2,1-3H3,(H,27,28,29). The number of rotatable bonds is 5. The third-order valence-corrected chi connectivity index (χ3v) is 8.35.